The van der Waals surface area contributed by atoms with Gasteiger partial charge in [-0.05, 0) is 44.6 Å². The Labute approximate surface area is 101 Å². The molecule has 3 unspecified atom stereocenters. The average Bonchev–Trinajstić information content (AvgIpc) is 2.64. The molecular formula is C14H29NO. The zero-order chi connectivity index (χ0) is 12.1. The molecule has 2 heteroatoms. The van der Waals surface area contributed by atoms with Crippen molar-refractivity contribution < 1.29 is 5.11 Å². The first-order valence-corrected chi connectivity index (χ1v) is 6.96. The maximum atomic E-state index is 10.1. The Kier molecular flexibility index (Phi) is 5.77. The van der Waals surface area contributed by atoms with Crippen molar-refractivity contribution in [2.24, 2.45) is 11.8 Å². The van der Waals surface area contributed by atoms with Gasteiger partial charge in [0.25, 0.3) is 0 Å². The molecule has 16 heavy (non-hydrogen) atoms. The van der Waals surface area contributed by atoms with Gasteiger partial charge in [-0.2, -0.15) is 0 Å². The van der Waals surface area contributed by atoms with Crippen LogP contribution >= 0.6 is 0 Å². The predicted octanol–water partition coefficient (Wildman–Crippen LogP) is 3.25. The molecule has 1 fully saturated rings. The molecule has 1 saturated carbocycles. The molecule has 1 aliphatic carbocycles. The minimum absolute atomic E-state index is 0.234. The number of nitrogens with zero attached hydrogens (tertiary/aromatic N) is 1. The van der Waals surface area contributed by atoms with Gasteiger partial charge in [0, 0.05) is 6.04 Å². The van der Waals surface area contributed by atoms with Gasteiger partial charge in [-0.25, -0.2) is 0 Å². The van der Waals surface area contributed by atoms with Gasteiger partial charge in [0.05, 0.1) is 0 Å². The number of aliphatic hydroxyl groups is 1. The second kappa shape index (κ2) is 6.61. The zero-order valence-corrected chi connectivity index (χ0v) is 11.4. The molecule has 2 nitrogen and oxygen atoms in total. The van der Waals surface area contributed by atoms with Crippen molar-refractivity contribution in [1.29, 1.82) is 0 Å². The molecule has 96 valence electrons. The van der Waals surface area contributed by atoms with E-state index in [0.29, 0.717) is 6.04 Å². The van der Waals surface area contributed by atoms with Crippen molar-refractivity contribution in [2.75, 3.05) is 7.05 Å². The molecule has 0 saturated heterocycles. The number of hydrogen-bond donors (Lipinski definition) is 1. The largest absolute Gasteiger partial charge is 0.378 e. The summed E-state index contributed by atoms with van der Waals surface area (Å²) in [6.45, 7) is 6.74. The lowest BCUT2D eigenvalue weighted by Gasteiger charge is -2.34. The Balaban J connectivity index is 2.49. The molecular weight excluding hydrogens is 198 g/mol. The van der Waals surface area contributed by atoms with E-state index in [1.807, 2.05) is 0 Å². The summed E-state index contributed by atoms with van der Waals surface area (Å²) in [5.74, 6) is 1.58. The Morgan fingerprint density at radius 2 is 2.00 bits per heavy atom. The van der Waals surface area contributed by atoms with E-state index in [9.17, 15) is 5.11 Å². The molecule has 0 bridgehead atoms. The topological polar surface area (TPSA) is 23.5 Å². The minimum atomic E-state index is -0.234. The van der Waals surface area contributed by atoms with E-state index in [1.54, 1.807) is 0 Å². The minimum Gasteiger partial charge on any atom is -0.378 e. The summed E-state index contributed by atoms with van der Waals surface area (Å²) in [5, 5.41) is 10.1. The third-order valence-electron chi connectivity index (χ3n) is 3.93. The number of aliphatic hydroxyl groups excluding tert-OH is 1. The average molecular weight is 227 g/mol. The van der Waals surface area contributed by atoms with Crippen LogP contribution in [0.4, 0.5) is 0 Å². The second-order valence-electron chi connectivity index (χ2n) is 5.82. The fraction of sp³-hybridized carbons (Fsp3) is 1.00. The van der Waals surface area contributed by atoms with Crippen LogP contribution in [-0.4, -0.2) is 29.3 Å². The van der Waals surface area contributed by atoms with Crippen LogP contribution in [0.3, 0.4) is 0 Å². The molecule has 0 heterocycles. The normalized spacial score (nSPS) is 27.9. The van der Waals surface area contributed by atoms with Crippen LogP contribution in [0.25, 0.3) is 0 Å². The van der Waals surface area contributed by atoms with E-state index >= 15 is 0 Å². The maximum Gasteiger partial charge on any atom is 0.107 e. The smallest absolute Gasteiger partial charge is 0.107 e. The van der Waals surface area contributed by atoms with Gasteiger partial charge in [-0.1, -0.05) is 33.6 Å². The summed E-state index contributed by atoms with van der Waals surface area (Å²) in [4.78, 5) is 2.23. The standard InChI is InChI=1S/C14H29NO/c1-5-7-14(16)15(4)13-9-6-8-12(13)10-11(2)3/h11-14,16H,5-10H2,1-4H3. The lowest BCUT2D eigenvalue weighted by atomic mass is 9.92. The van der Waals surface area contributed by atoms with E-state index in [-0.39, 0.29) is 6.23 Å². The third kappa shape index (κ3) is 3.74. The summed E-state index contributed by atoms with van der Waals surface area (Å²) in [6, 6.07) is 0.615. The van der Waals surface area contributed by atoms with E-state index in [4.69, 9.17) is 0 Å². The highest BCUT2D eigenvalue weighted by Crippen LogP contribution is 2.34. The Morgan fingerprint density at radius 1 is 1.31 bits per heavy atom. The maximum absolute atomic E-state index is 10.1. The molecule has 1 aliphatic rings. The molecule has 0 aromatic rings. The van der Waals surface area contributed by atoms with E-state index < -0.39 is 0 Å². The van der Waals surface area contributed by atoms with Crippen molar-refractivity contribution in [1.82, 2.24) is 4.90 Å². The summed E-state index contributed by atoms with van der Waals surface area (Å²) < 4.78 is 0. The third-order valence-corrected chi connectivity index (χ3v) is 3.93. The van der Waals surface area contributed by atoms with Gasteiger partial charge in [0.15, 0.2) is 0 Å². The van der Waals surface area contributed by atoms with Crippen LogP contribution in [0.2, 0.25) is 0 Å². The van der Waals surface area contributed by atoms with Crippen molar-refractivity contribution in [2.45, 2.75) is 71.6 Å². The SMILES string of the molecule is CCCC(O)N(C)C1CCCC1CC(C)C. The lowest BCUT2D eigenvalue weighted by Crippen LogP contribution is -2.42. The van der Waals surface area contributed by atoms with Crippen LogP contribution in [0.15, 0.2) is 0 Å². The van der Waals surface area contributed by atoms with Crippen LogP contribution in [0, 0.1) is 11.8 Å². The summed E-state index contributed by atoms with van der Waals surface area (Å²) in [5.41, 5.74) is 0. The van der Waals surface area contributed by atoms with Crippen molar-refractivity contribution in [3.05, 3.63) is 0 Å². The first-order chi connectivity index (χ1) is 7.56. The van der Waals surface area contributed by atoms with Crippen LogP contribution in [0.5, 0.6) is 0 Å². The molecule has 0 radical (unpaired) electrons. The van der Waals surface area contributed by atoms with Gasteiger partial charge < -0.3 is 5.11 Å². The first kappa shape index (κ1) is 14.0. The Bertz CT molecular complexity index is 193. The van der Waals surface area contributed by atoms with Gasteiger partial charge in [-0.3, -0.25) is 4.90 Å². The number of hydrogen-bond acceptors (Lipinski definition) is 2. The summed E-state index contributed by atoms with van der Waals surface area (Å²) in [7, 11) is 2.10. The summed E-state index contributed by atoms with van der Waals surface area (Å²) in [6.07, 6.45) is 7.01. The van der Waals surface area contributed by atoms with E-state index in [1.165, 1.54) is 25.7 Å². The van der Waals surface area contributed by atoms with Crippen molar-refractivity contribution >= 4 is 0 Å². The summed E-state index contributed by atoms with van der Waals surface area (Å²) >= 11 is 0. The molecule has 0 amide bonds. The van der Waals surface area contributed by atoms with Crippen LogP contribution < -0.4 is 0 Å². The van der Waals surface area contributed by atoms with Gasteiger partial charge >= 0.3 is 0 Å². The lowest BCUT2D eigenvalue weighted by molar-refractivity contribution is -0.0238. The van der Waals surface area contributed by atoms with Crippen LogP contribution in [0.1, 0.15) is 59.3 Å². The highest BCUT2D eigenvalue weighted by atomic mass is 16.3. The van der Waals surface area contributed by atoms with Gasteiger partial charge in [-0.15, -0.1) is 0 Å². The van der Waals surface area contributed by atoms with E-state index in [2.05, 4.69) is 32.7 Å². The monoisotopic (exact) mass is 227 g/mol. The molecule has 1 rings (SSSR count). The molecule has 0 aromatic heterocycles. The van der Waals surface area contributed by atoms with E-state index in [0.717, 1.165) is 24.7 Å². The van der Waals surface area contributed by atoms with Crippen LogP contribution in [-0.2, 0) is 0 Å². The molecule has 0 aromatic carbocycles. The van der Waals surface area contributed by atoms with Gasteiger partial charge in [0.2, 0.25) is 0 Å². The second-order valence-corrected chi connectivity index (χ2v) is 5.82. The fourth-order valence-corrected chi connectivity index (χ4v) is 3.12. The molecule has 0 aliphatic heterocycles. The van der Waals surface area contributed by atoms with Gasteiger partial charge in [0.1, 0.15) is 6.23 Å². The Morgan fingerprint density at radius 3 is 2.56 bits per heavy atom. The first-order valence-electron chi connectivity index (χ1n) is 6.96. The highest BCUT2D eigenvalue weighted by Gasteiger charge is 2.32. The fourth-order valence-electron chi connectivity index (χ4n) is 3.12. The zero-order valence-electron chi connectivity index (χ0n) is 11.4. The quantitative estimate of drug-likeness (QED) is 0.704. The molecule has 3 atom stereocenters. The highest BCUT2D eigenvalue weighted by molar-refractivity contribution is 4.85. The Hall–Kier alpha value is -0.0800. The van der Waals surface area contributed by atoms with Crippen molar-refractivity contribution in [3.8, 4) is 0 Å². The predicted molar refractivity (Wildman–Crippen MR) is 69.3 cm³/mol. The molecule has 1 N–H and O–H groups in total. The molecule has 0 spiro atoms. The number of rotatable bonds is 6. The van der Waals surface area contributed by atoms with Crippen molar-refractivity contribution in [3.63, 3.8) is 0 Å².